The molecule has 0 saturated heterocycles. The van der Waals surface area contributed by atoms with Gasteiger partial charge in [-0.25, -0.2) is 4.79 Å². The minimum atomic E-state index is -1.07. The van der Waals surface area contributed by atoms with E-state index in [1.165, 1.54) is 0 Å². The van der Waals surface area contributed by atoms with Gasteiger partial charge >= 0.3 is 12.1 Å². The molecular weight excluding hydrogens is 516 g/mol. The lowest BCUT2D eigenvalue weighted by Gasteiger charge is -2.19. The number of nitrogens with zero attached hydrogens (tertiary/aromatic N) is 2. The van der Waals surface area contributed by atoms with Crippen LogP contribution in [0.3, 0.4) is 0 Å². The highest BCUT2D eigenvalue weighted by molar-refractivity contribution is 9.10. The Hall–Kier alpha value is -3.66. The Morgan fingerprint density at radius 1 is 1.11 bits per heavy atom. The van der Waals surface area contributed by atoms with Crippen LogP contribution < -0.4 is 10.6 Å². The maximum absolute atomic E-state index is 12.7. The monoisotopic (exact) mass is 540 g/mol. The molecule has 0 spiro atoms. The van der Waals surface area contributed by atoms with Crippen LogP contribution in [-0.4, -0.2) is 45.5 Å². The number of ether oxygens (including phenoxy) is 1. The fourth-order valence-electron chi connectivity index (χ4n) is 4.24. The SMILES string of the molecule is Cn1cc(Br)c(CNC(=O)C(CCC(=O)O)NC(=O)OCC2c3ccccc3-c3ccccc32)n1. The Morgan fingerprint density at radius 2 is 1.74 bits per heavy atom. The molecule has 3 aromatic rings. The third-order valence-electron chi connectivity index (χ3n) is 5.88. The number of hydrogen-bond donors (Lipinski definition) is 3. The van der Waals surface area contributed by atoms with E-state index >= 15 is 0 Å². The Kier molecular flexibility index (Phi) is 7.50. The third kappa shape index (κ3) is 5.71. The van der Waals surface area contributed by atoms with Gasteiger partial charge in [0.25, 0.3) is 0 Å². The van der Waals surface area contributed by atoms with Gasteiger partial charge in [-0.2, -0.15) is 5.10 Å². The Bertz CT molecular complexity index is 1210. The zero-order chi connectivity index (χ0) is 24.9. The van der Waals surface area contributed by atoms with E-state index in [1.807, 2.05) is 48.5 Å². The molecule has 1 unspecified atom stereocenters. The Labute approximate surface area is 210 Å². The number of amides is 2. The van der Waals surface area contributed by atoms with E-state index in [9.17, 15) is 14.4 Å². The second-order valence-electron chi connectivity index (χ2n) is 8.27. The van der Waals surface area contributed by atoms with Crippen LogP contribution in [0.25, 0.3) is 11.1 Å². The van der Waals surface area contributed by atoms with Gasteiger partial charge in [-0.1, -0.05) is 48.5 Å². The molecule has 2 aromatic carbocycles. The van der Waals surface area contributed by atoms with E-state index < -0.39 is 24.0 Å². The number of rotatable bonds is 9. The average molecular weight is 541 g/mol. The lowest BCUT2D eigenvalue weighted by atomic mass is 9.98. The van der Waals surface area contributed by atoms with E-state index in [4.69, 9.17) is 9.84 Å². The minimum Gasteiger partial charge on any atom is -0.481 e. The average Bonchev–Trinajstić information content (AvgIpc) is 3.34. The highest BCUT2D eigenvalue weighted by Crippen LogP contribution is 2.44. The van der Waals surface area contributed by atoms with E-state index in [0.717, 1.165) is 26.7 Å². The van der Waals surface area contributed by atoms with Crippen molar-refractivity contribution < 1.29 is 24.2 Å². The molecule has 35 heavy (non-hydrogen) atoms. The number of carboxylic acid groups (broad SMARTS) is 1. The van der Waals surface area contributed by atoms with Crippen molar-refractivity contribution in [1.82, 2.24) is 20.4 Å². The predicted molar refractivity (Wildman–Crippen MR) is 132 cm³/mol. The molecule has 0 aliphatic heterocycles. The van der Waals surface area contributed by atoms with Crippen LogP contribution in [0, 0.1) is 0 Å². The molecule has 2 amide bonds. The molecular formula is C25H25BrN4O5. The van der Waals surface area contributed by atoms with E-state index in [2.05, 4.69) is 31.7 Å². The van der Waals surface area contributed by atoms with Crippen molar-refractivity contribution >= 4 is 33.9 Å². The summed E-state index contributed by atoms with van der Waals surface area (Å²) in [5, 5.41) is 18.5. The maximum Gasteiger partial charge on any atom is 0.407 e. The maximum atomic E-state index is 12.7. The molecule has 0 fully saturated rings. The number of benzene rings is 2. The molecule has 4 rings (SSSR count). The van der Waals surface area contributed by atoms with Crippen molar-refractivity contribution in [3.63, 3.8) is 0 Å². The van der Waals surface area contributed by atoms with Crippen molar-refractivity contribution in [3.8, 4) is 11.1 Å². The van der Waals surface area contributed by atoms with Gasteiger partial charge in [0.05, 0.1) is 16.7 Å². The standard InChI is InChI=1S/C25H25BrN4O5/c1-30-13-20(26)22(29-30)12-27-24(33)21(10-11-23(31)32)28-25(34)35-14-19-17-8-4-2-6-15(17)16-7-3-5-9-18(16)19/h2-9,13,19,21H,10-12,14H2,1H3,(H,27,33)(H,28,34)(H,31,32). The number of aliphatic carboxylic acids is 1. The van der Waals surface area contributed by atoms with Crippen LogP contribution in [-0.2, 0) is 27.9 Å². The van der Waals surface area contributed by atoms with Crippen LogP contribution in [0.1, 0.15) is 35.6 Å². The van der Waals surface area contributed by atoms with Gasteiger partial charge in [-0.3, -0.25) is 14.3 Å². The first kappa shape index (κ1) is 24.5. The van der Waals surface area contributed by atoms with E-state index in [1.54, 1.807) is 17.9 Å². The molecule has 0 radical (unpaired) electrons. The van der Waals surface area contributed by atoms with Crippen LogP contribution in [0.2, 0.25) is 0 Å². The van der Waals surface area contributed by atoms with Crippen molar-refractivity contribution in [2.75, 3.05) is 6.61 Å². The summed E-state index contributed by atoms with van der Waals surface area (Å²) < 4.78 is 7.84. The summed E-state index contributed by atoms with van der Waals surface area (Å²) in [4.78, 5) is 36.5. The highest BCUT2D eigenvalue weighted by Gasteiger charge is 2.30. The number of fused-ring (bicyclic) bond motifs is 3. The predicted octanol–water partition coefficient (Wildman–Crippen LogP) is 3.57. The van der Waals surface area contributed by atoms with Crippen LogP contribution in [0.4, 0.5) is 4.79 Å². The van der Waals surface area contributed by atoms with Gasteiger partial charge in [0.15, 0.2) is 0 Å². The number of carboxylic acids is 1. The summed E-state index contributed by atoms with van der Waals surface area (Å²) in [5.74, 6) is -1.71. The molecule has 10 heteroatoms. The molecule has 1 aromatic heterocycles. The number of halogens is 1. The summed E-state index contributed by atoms with van der Waals surface area (Å²) >= 11 is 3.37. The fraction of sp³-hybridized carbons (Fsp3) is 0.280. The Morgan fingerprint density at radius 3 is 2.31 bits per heavy atom. The van der Waals surface area contributed by atoms with Crippen molar-refractivity contribution in [2.45, 2.75) is 31.3 Å². The normalized spacial score (nSPS) is 13.0. The second kappa shape index (κ2) is 10.7. The van der Waals surface area contributed by atoms with E-state index in [-0.39, 0.29) is 31.9 Å². The third-order valence-corrected chi connectivity index (χ3v) is 6.55. The smallest absolute Gasteiger partial charge is 0.407 e. The molecule has 1 aliphatic carbocycles. The van der Waals surface area contributed by atoms with Gasteiger partial charge < -0.3 is 20.5 Å². The number of carbonyl (C=O) groups is 3. The fourth-order valence-corrected chi connectivity index (χ4v) is 4.75. The lowest BCUT2D eigenvalue weighted by molar-refractivity contribution is -0.137. The van der Waals surface area contributed by atoms with Crippen molar-refractivity contribution in [2.24, 2.45) is 7.05 Å². The Balaban J connectivity index is 1.39. The first-order chi connectivity index (χ1) is 16.8. The van der Waals surface area contributed by atoms with Crippen molar-refractivity contribution in [1.29, 1.82) is 0 Å². The second-order valence-corrected chi connectivity index (χ2v) is 9.12. The molecule has 1 atom stereocenters. The lowest BCUT2D eigenvalue weighted by Crippen LogP contribution is -2.47. The van der Waals surface area contributed by atoms with Crippen molar-refractivity contribution in [3.05, 3.63) is 76.0 Å². The zero-order valence-electron chi connectivity index (χ0n) is 19.0. The summed E-state index contributed by atoms with van der Waals surface area (Å²) in [6.45, 7) is 0.213. The molecule has 0 bridgehead atoms. The number of nitrogens with one attached hydrogen (secondary N) is 2. The summed E-state index contributed by atoms with van der Waals surface area (Å²) in [7, 11) is 1.75. The van der Waals surface area contributed by atoms with Crippen LogP contribution in [0.5, 0.6) is 0 Å². The van der Waals surface area contributed by atoms with Gasteiger partial charge in [0, 0.05) is 25.6 Å². The first-order valence-electron chi connectivity index (χ1n) is 11.1. The largest absolute Gasteiger partial charge is 0.481 e. The van der Waals surface area contributed by atoms with Gasteiger partial charge in [0.1, 0.15) is 12.6 Å². The quantitative estimate of drug-likeness (QED) is 0.381. The summed E-state index contributed by atoms with van der Waals surface area (Å²) in [5.41, 5.74) is 4.97. The molecule has 182 valence electrons. The number of carbonyl (C=O) groups excluding carboxylic acids is 2. The van der Waals surface area contributed by atoms with Gasteiger partial charge in [0.2, 0.25) is 5.91 Å². The zero-order valence-corrected chi connectivity index (χ0v) is 20.6. The summed E-state index contributed by atoms with van der Waals surface area (Å²) in [6.07, 6.45) is 0.610. The molecule has 3 N–H and O–H groups in total. The molecule has 9 nitrogen and oxygen atoms in total. The molecule has 1 aliphatic rings. The molecule has 1 heterocycles. The topological polar surface area (TPSA) is 123 Å². The van der Waals surface area contributed by atoms with Gasteiger partial charge in [-0.15, -0.1) is 0 Å². The van der Waals surface area contributed by atoms with Crippen LogP contribution >= 0.6 is 15.9 Å². The highest BCUT2D eigenvalue weighted by atomic mass is 79.9. The summed E-state index contributed by atoms with van der Waals surface area (Å²) in [6, 6.07) is 14.9. The number of alkyl carbamates (subject to hydrolysis) is 1. The van der Waals surface area contributed by atoms with E-state index in [0.29, 0.717) is 5.69 Å². The number of hydrogen-bond acceptors (Lipinski definition) is 5. The van der Waals surface area contributed by atoms with Gasteiger partial charge in [-0.05, 0) is 44.6 Å². The number of aromatic nitrogens is 2. The van der Waals surface area contributed by atoms with Crippen LogP contribution in [0.15, 0.2) is 59.2 Å². The molecule has 0 saturated carbocycles. The first-order valence-corrected chi connectivity index (χ1v) is 11.9. The number of aryl methyl sites for hydroxylation is 1. The minimum absolute atomic E-state index is 0.0747.